The number of carbonyl (C=O) groups is 1. The number of amides is 1. The molecule has 1 saturated heterocycles. The quantitative estimate of drug-likeness (QED) is 0.257. The zero-order chi connectivity index (χ0) is 28.4. The zero-order valence-electron chi connectivity index (χ0n) is 22.5. The molecular formula is C29H30N8O3. The summed E-state index contributed by atoms with van der Waals surface area (Å²) in [6.45, 7) is 6.97. The molecule has 4 aromatic rings. The van der Waals surface area contributed by atoms with Crippen LogP contribution >= 0.6 is 0 Å². The highest BCUT2D eigenvalue weighted by atomic mass is 16.5. The summed E-state index contributed by atoms with van der Waals surface area (Å²) in [5.41, 5.74) is 6.76. The molecule has 1 amide bonds. The molecule has 11 nitrogen and oxygen atoms in total. The first-order valence-corrected chi connectivity index (χ1v) is 13.0. The van der Waals surface area contributed by atoms with Crippen LogP contribution in [0.4, 0.5) is 5.82 Å². The fourth-order valence-corrected chi connectivity index (χ4v) is 4.89. The van der Waals surface area contributed by atoms with Crippen LogP contribution in [-0.4, -0.2) is 55.1 Å². The van der Waals surface area contributed by atoms with Gasteiger partial charge in [0.1, 0.15) is 35.0 Å². The molecule has 3 N–H and O–H groups in total. The minimum atomic E-state index is -0.514. The van der Waals surface area contributed by atoms with Gasteiger partial charge in [-0.1, -0.05) is 25.1 Å². The van der Waals surface area contributed by atoms with Gasteiger partial charge in [0.25, 0.3) is 5.91 Å². The Morgan fingerprint density at radius 3 is 2.48 bits per heavy atom. The SMILES string of the molecule is CCNC(C)(C)C=C(C#N)C(=O)N1CC(n2c(=O)n(-c3ccc(Oc4ccccc4)cc3)c3c(N)ncnc32)C1. The van der Waals surface area contributed by atoms with E-state index in [2.05, 4.69) is 15.3 Å². The highest BCUT2D eigenvalue weighted by Crippen LogP contribution is 2.29. The maximum Gasteiger partial charge on any atom is 0.335 e. The summed E-state index contributed by atoms with van der Waals surface area (Å²) in [4.78, 5) is 36.9. The van der Waals surface area contributed by atoms with Crippen molar-refractivity contribution in [3.8, 4) is 23.3 Å². The lowest BCUT2D eigenvalue weighted by molar-refractivity contribution is -0.132. The Labute approximate surface area is 231 Å². The van der Waals surface area contributed by atoms with Crippen LogP contribution in [0.5, 0.6) is 11.5 Å². The predicted octanol–water partition coefficient (Wildman–Crippen LogP) is 3.18. The summed E-state index contributed by atoms with van der Waals surface area (Å²) in [7, 11) is 0. The standard InChI is InChI=1S/C29H30N8O3/c1-4-34-29(2,3)14-19(15-30)27(38)35-16-21(17-35)37-26-24(25(31)32-18-33-26)36(28(37)39)20-10-12-23(13-11-20)40-22-8-6-5-7-9-22/h5-14,18,21,34H,4,16-17H2,1-3H3,(H2,31,32,33). The molecule has 0 unspecified atom stereocenters. The van der Waals surface area contributed by atoms with E-state index in [0.717, 1.165) is 0 Å². The third-order valence-electron chi connectivity index (χ3n) is 6.76. The molecule has 40 heavy (non-hydrogen) atoms. The van der Waals surface area contributed by atoms with Crippen molar-refractivity contribution >= 4 is 22.9 Å². The van der Waals surface area contributed by atoms with Gasteiger partial charge in [0.15, 0.2) is 11.5 Å². The van der Waals surface area contributed by atoms with E-state index in [1.807, 2.05) is 57.2 Å². The van der Waals surface area contributed by atoms with E-state index in [1.54, 1.807) is 39.8 Å². The fraction of sp³-hybridized carbons (Fsp3) is 0.276. The molecule has 0 bridgehead atoms. The highest BCUT2D eigenvalue weighted by molar-refractivity contribution is 5.98. The molecule has 0 saturated carbocycles. The Morgan fingerprint density at radius 2 is 1.82 bits per heavy atom. The Hall–Kier alpha value is -4.95. The molecule has 2 aromatic carbocycles. The summed E-state index contributed by atoms with van der Waals surface area (Å²) in [5.74, 6) is 1.11. The lowest BCUT2D eigenvalue weighted by Crippen LogP contribution is -2.53. The predicted molar refractivity (Wildman–Crippen MR) is 151 cm³/mol. The van der Waals surface area contributed by atoms with E-state index >= 15 is 0 Å². The molecule has 0 atom stereocenters. The van der Waals surface area contributed by atoms with Gasteiger partial charge in [0.05, 0.1) is 11.7 Å². The van der Waals surface area contributed by atoms with E-state index in [9.17, 15) is 14.9 Å². The number of nitrogens with one attached hydrogen (secondary N) is 1. The van der Waals surface area contributed by atoms with E-state index < -0.39 is 5.54 Å². The van der Waals surface area contributed by atoms with Crippen LogP contribution in [0, 0.1) is 11.3 Å². The number of fused-ring (bicyclic) bond motifs is 1. The van der Waals surface area contributed by atoms with E-state index in [1.165, 1.54) is 10.9 Å². The van der Waals surface area contributed by atoms with Crippen molar-refractivity contribution < 1.29 is 9.53 Å². The number of carbonyl (C=O) groups excluding carboxylic acids is 1. The second kappa shape index (κ2) is 10.7. The van der Waals surface area contributed by atoms with Crippen molar-refractivity contribution in [1.29, 1.82) is 5.26 Å². The number of likely N-dealkylation sites (N-methyl/N-ethyl adjacent to an activating group) is 1. The summed E-state index contributed by atoms with van der Waals surface area (Å²) in [6.07, 6.45) is 2.96. The topological polar surface area (TPSA) is 144 Å². The second-order valence-electron chi connectivity index (χ2n) is 10.1. The number of nitrogen functional groups attached to an aromatic ring is 1. The molecule has 0 spiro atoms. The summed E-state index contributed by atoms with van der Waals surface area (Å²) >= 11 is 0. The number of nitrogens with zero attached hydrogens (tertiary/aromatic N) is 6. The number of para-hydroxylation sites is 1. The Bertz CT molecular complexity index is 1670. The second-order valence-corrected chi connectivity index (χ2v) is 10.1. The number of aromatic nitrogens is 4. The average molecular weight is 539 g/mol. The number of imidazole rings is 1. The molecule has 11 heteroatoms. The molecule has 2 aromatic heterocycles. The van der Waals surface area contributed by atoms with Crippen molar-refractivity contribution in [1.82, 2.24) is 29.3 Å². The lowest BCUT2D eigenvalue weighted by Gasteiger charge is -2.39. The van der Waals surface area contributed by atoms with Gasteiger partial charge < -0.3 is 20.7 Å². The molecule has 1 aliphatic heterocycles. The number of likely N-dealkylation sites (tertiary alicyclic amines) is 1. The third-order valence-corrected chi connectivity index (χ3v) is 6.76. The van der Waals surface area contributed by atoms with Crippen LogP contribution in [0.1, 0.15) is 26.8 Å². The minimum absolute atomic E-state index is 0.0588. The van der Waals surface area contributed by atoms with E-state index in [-0.39, 0.29) is 42.1 Å². The lowest BCUT2D eigenvalue weighted by atomic mass is 9.99. The van der Waals surface area contributed by atoms with Gasteiger partial charge in [-0.2, -0.15) is 5.26 Å². The molecule has 1 fully saturated rings. The average Bonchev–Trinajstić information content (AvgIpc) is 3.20. The smallest absolute Gasteiger partial charge is 0.335 e. The van der Waals surface area contributed by atoms with Gasteiger partial charge in [-0.3, -0.25) is 13.9 Å². The minimum Gasteiger partial charge on any atom is -0.457 e. The van der Waals surface area contributed by atoms with Gasteiger partial charge in [0.2, 0.25) is 0 Å². The molecule has 0 aliphatic carbocycles. The van der Waals surface area contributed by atoms with Gasteiger partial charge in [-0.15, -0.1) is 0 Å². The summed E-state index contributed by atoms with van der Waals surface area (Å²) < 4.78 is 8.89. The number of nitrogens with two attached hydrogens (primary N) is 1. The zero-order valence-corrected chi connectivity index (χ0v) is 22.5. The van der Waals surface area contributed by atoms with E-state index in [4.69, 9.17) is 10.5 Å². The van der Waals surface area contributed by atoms with Crippen molar-refractivity contribution in [2.24, 2.45) is 0 Å². The highest BCUT2D eigenvalue weighted by Gasteiger charge is 2.37. The molecule has 3 heterocycles. The fourth-order valence-electron chi connectivity index (χ4n) is 4.89. The van der Waals surface area contributed by atoms with Crippen LogP contribution in [0.25, 0.3) is 16.9 Å². The van der Waals surface area contributed by atoms with Gasteiger partial charge in [-0.25, -0.2) is 14.8 Å². The number of benzene rings is 2. The number of hydrogen-bond acceptors (Lipinski definition) is 8. The first-order valence-electron chi connectivity index (χ1n) is 13.0. The number of nitriles is 1. The normalized spacial score (nSPS) is 14.2. The Balaban J connectivity index is 1.43. The molecule has 5 rings (SSSR count). The van der Waals surface area contributed by atoms with Crippen molar-refractivity contribution in [3.05, 3.63) is 83.1 Å². The molecule has 204 valence electrons. The van der Waals surface area contributed by atoms with Crippen LogP contribution in [0.15, 0.2) is 77.4 Å². The van der Waals surface area contributed by atoms with Crippen LogP contribution in [0.2, 0.25) is 0 Å². The number of ether oxygens (including phenoxy) is 1. The van der Waals surface area contributed by atoms with Gasteiger partial charge in [0, 0.05) is 18.6 Å². The van der Waals surface area contributed by atoms with Crippen LogP contribution in [0.3, 0.4) is 0 Å². The van der Waals surface area contributed by atoms with Gasteiger partial charge >= 0.3 is 5.69 Å². The molecule has 1 aliphatic rings. The van der Waals surface area contributed by atoms with Crippen molar-refractivity contribution in [2.75, 3.05) is 25.4 Å². The first-order chi connectivity index (χ1) is 19.2. The maximum atomic E-state index is 13.8. The number of rotatable bonds is 8. The monoisotopic (exact) mass is 538 g/mol. The maximum absolute atomic E-state index is 13.8. The number of hydrogen-bond donors (Lipinski definition) is 2. The molecule has 0 radical (unpaired) electrons. The molecular weight excluding hydrogens is 508 g/mol. The Morgan fingerprint density at radius 1 is 1.15 bits per heavy atom. The summed E-state index contributed by atoms with van der Waals surface area (Å²) in [6, 6.07) is 18.2. The first kappa shape index (κ1) is 26.6. The van der Waals surface area contributed by atoms with Crippen LogP contribution < -0.4 is 21.5 Å². The third kappa shape index (κ3) is 5.04. The number of anilines is 1. The van der Waals surface area contributed by atoms with Crippen LogP contribution in [-0.2, 0) is 4.79 Å². The van der Waals surface area contributed by atoms with E-state index in [0.29, 0.717) is 34.9 Å². The largest absolute Gasteiger partial charge is 0.457 e. The van der Waals surface area contributed by atoms with Gasteiger partial charge in [-0.05, 0) is 62.9 Å². The van der Waals surface area contributed by atoms with Crippen molar-refractivity contribution in [2.45, 2.75) is 32.4 Å². The summed E-state index contributed by atoms with van der Waals surface area (Å²) in [5, 5.41) is 12.9. The van der Waals surface area contributed by atoms with Crippen molar-refractivity contribution in [3.63, 3.8) is 0 Å². The Kier molecular flexibility index (Phi) is 7.11.